The van der Waals surface area contributed by atoms with E-state index in [9.17, 15) is 18.3 Å². The van der Waals surface area contributed by atoms with Gasteiger partial charge in [-0.1, -0.05) is 56.3 Å². The Kier molecular flexibility index (Phi) is 10.9. The van der Waals surface area contributed by atoms with E-state index in [4.69, 9.17) is 18.7 Å². The number of nitrogens with one attached hydrogen (secondary N) is 1. The van der Waals surface area contributed by atoms with Crippen molar-refractivity contribution in [3.63, 3.8) is 0 Å². The largest absolute Gasteiger partial charge is 0.443 e. The normalized spacial score (nSPS) is 21.2. The van der Waals surface area contributed by atoms with E-state index >= 15 is 0 Å². The van der Waals surface area contributed by atoms with Crippen LogP contribution in [0, 0.1) is 11.8 Å². The van der Waals surface area contributed by atoms with Gasteiger partial charge in [-0.15, -0.1) is 0 Å². The first-order chi connectivity index (χ1) is 21.6. The van der Waals surface area contributed by atoms with E-state index in [1.807, 2.05) is 51.1 Å². The summed E-state index contributed by atoms with van der Waals surface area (Å²) in [6.07, 6.45) is -0.252. The monoisotopic (exact) mass is 642 g/mol. The number of aryl methyl sites for hydroxylation is 1. The number of benzene rings is 2. The van der Waals surface area contributed by atoms with E-state index in [-0.39, 0.29) is 49.1 Å². The molecule has 1 amide bonds. The zero-order chi connectivity index (χ0) is 32.0. The Labute approximate surface area is 264 Å². The molecule has 0 bridgehead atoms. The van der Waals surface area contributed by atoms with Crippen LogP contribution in [0.3, 0.4) is 0 Å². The first-order valence-corrected chi connectivity index (χ1v) is 16.9. The van der Waals surface area contributed by atoms with E-state index in [2.05, 4.69) is 15.5 Å². The zero-order valence-electron chi connectivity index (χ0n) is 25.9. The smallest absolute Gasteiger partial charge is 0.407 e. The van der Waals surface area contributed by atoms with E-state index < -0.39 is 34.4 Å². The number of amides is 1. The van der Waals surface area contributed by atoms with Gasteiger partial charge in [0.25, 0.3) is 0 Å². The number of aliphatic hydroxyl groups excluding tert-OH is 1. The van der Waals surface area contributed by atoms with Gasteiger partial charge in [0.05, 0.1) is 36.2 Å². The lowest BCUT2D eigenvalue weighted by molar-refractivity contribution is -0.0907. The number of aromatic nitrogens is 2. The van der Waals surface area contributed by atoms with Gasteiger partial charge in [-0.3, -0.25) is 0 Å². The SMILES string of the molecule is CCCc1nc(-c2ccc(S(=O)(=O)N(CC(C)C)C[C@@H](O)[C@H](Cc3ccccc3)NC(=O)OC3COC4OCCC34)cc2)no1. The molecule has 0 aliphatic carbocycles. The fraction of sp³-hybridized carbons (Fsp3) is 0.531. The Morgan fingerprint density at radius 2 is 1.87 bits per heavy atom. The fourth-order valence-corrected chi connectivity index (χ4v) is 7.27. The number of sulfonamides is 1. The maximum Gasteiger partial charge on any atom is 0.407 e. The minimum atomic E-state index is -4.02. The molecule has 2 N–H and O–H groups in total. The minimum absolute atomic E-state index is 0.0306. The summed E-state index contributed by atoms with van der Waals surface area (Å²) in [4.78, 5) is 17.5. The second-order valence-corrected chi connectivity index (χ2v) is 13.9. The van der Waals surface area contributed by atoms with E-state index in [1.165, 1.54) is 16.4 Å². The van der Waals surface area contributed by atoms with E-state index in [0.717, 1.165) is 18.4 Å². The molecule has 3 unspecified atom stereocenters. The summed E-state index contributed by atoms with van der Waals surface area (Å²) in [7, 11) is -4.02. The summed E-state index contributed by atoms with van der Waals surface area (Å²) in [6.45, 7) is 6.53. The molecule has 2 fully saturated rings. The van der Waals surface area contributed by atoms with Crippen LogP contribution in [0.2, 0.25) is 0 Å². The van der Waals surface area contributed by atoms with Crippen molar-refractivity contribution in [1.82, 2.24) is 19.8 Å². The summed E-state index contributed by atoms with van der Waals surface area (Å²) in [6, 6.07) is 14.8. The van der Waals surface area contributed by atoms with Crippen LogP contribution in [-0.4, -0.2) is 84.9 Å². The van der Waals surface area contributed by atoms with Crippen LogP contribution in [0.1, 0.15) is 45.1 Å². The van der Waals surface area contributed by atoms with Crippen LogP contribution in [-0.2, 0) is 37.1 Å². The van der Waals surface area contributed by atoms with Crippen LogP contribution >= 0.6 is 0 Å². The Morgan fingerprint density at radius 3 is 2.58 bits per heavy atom. The van der Waals surface area contributed by atoms with Gasteiger partial charge >= 0.3 is 6.09 Å². The van der Waals surface area contributed by atoms with Gasteiger partial charge in [-0.25, -0.2) is 13.2 Å². The number of alkyl carbamates (subject to hydrolysis) is 1. The van der Waals surface area contributed by atoms with Gasteiger partial charge in [-0.2, -0.15) is 9.29 Å². The predicted octanol–water partition coefficient (Wildman–Crippen LogP) is 3.80. The number of fused-ring (bicyclic) bond motifs is 1. The standard InChI is InChI=1S/C32H42N4O8S/c1-4-8-29-34-30(35-44-29)23-11-13-24(14-12-23)45(39,40)36(18-21(2)3)19-27(37)26(17-22-9-6-5-7-10-22)33-32(38)43-28-20-42-31-25(28)15-16-41-31/h5-7,9-14,21,25-28,31,37H,4,8,15-20H2,1-3H3,(H,33,38)/t25?,26-,27+,28?,31?/m0/s1. The summed E-state index contributed by atoms with van der Waals surface area (Å²) in [5.41, 5.74) is 1.50. The molecule has 13 heteroatoms. The van der Waals surface area contributed by atoms with Crippen molar-refractivity contribution < 1.29 is 37.1 Å². The molecular weight excluding hydrogens is 600 g/mol. The van der Waals surface area contributed by atoms with Gasteiger partial charge in [0.1, 0.15) is 6.10 Å². The van der Waals surface area contributed by atoms with Crippen molar-refractivity contribution in [2.45, 2.75) is 75.9 Å². The Balaban J connectivity index is 1.32. The van der Waals surface area contributed by atoms with Gasteiger partial charge < -0.3 is 29.2 Å². The summed E-state index contributed by atoms with van der Waals surface area (Å²) in [5.74, 6) is 0.845. The number of nitrogens with zero attached hydrogens (tertiary/aromatic N) is 3. The third-order valence-corrected chi connectivity index (χ3v) is 9.80. The topological polar surface area (TPSA) is 153 Å². The molecule has 2 aromatic carbocycles. The summed E-state index contributed by atoms with van der Waals surface area (Å²) < 4.78 is 51.2. The average Bonchev–Trinajstić information content (AvgIpc) is 3.76. The zero-order valence-corrected chi connectivity index (χ0v) is 26.7. The highest BCUT2D eigenvalue weighted by Gasteiger charge is 2.44. The number of hydrogen-bond donors (Lipinski definition) is 2. The molecular formula is C32H42N4O8S. The molecule has 244 valence electrons. The maximum absolute atomic E-state index is 13.9. The first-order valence-electron chi connectivity index (χ1n) is 15.5. The molecule has 5 rings (SSSR count). The van der Waals surface area contributed by atoms with Gasteiger partial charge in [0, 0.05) is 25.1 Å². The lowest BCUT2D eigenvalue weighted by Gasteiger charge is -2.31. The van der Waals surface area contributed by atoms with Gasteiger partial charge in [0.15, 0.2) is 6.29 Å². The molecule has 3 aromatic rings. The van der Waals surface area contributed by atoms with Crippen LogP contribution in [0.15, 0.2) is 64.0 Å². The molecule has 0 spiro atoms. The number of carbonyl (C=O) groups excluding carboxylic acids is 1. The van der Waals surface area contributed by atoms with Crippen LogP contribution in [0.5, 0.6) is 0 Å². The highest BCUT2D eigenvalue weighted by Crippen LogP contribution is 2.33. The number of aliphatic hydroxyl groups is 1. The highest BCUT2D eigenvalue weighted by molar-refractivity contribution is 7.89. The molecule has 0 saturated carbocycles. The van der Waals surface area contributed by atoms with Crippen molar-refractivity contribution in [2.75, 3.05) is 26.3 Å². The summed E-state index contributed by atoms with van der Waals surface area (Å²) >= 11 is 0. The third-order valence-electron chi connectivity index (χ3n) is 7.95. The highest BCUT2D eigenvalue weighted by atomic mass is 32.2. The lowest BCUT2D eigenvalue weighted by Crippen LogP contribution is -2.51. The Hall–Kier alpha value is -3.36. The quantitative estimate of drug-likeness (QED) is 0.266. The molecule has 0 radical (unpaired) electrons. The third kappa shape index (κ3) is 8.27. The molecule has 3 heterocycles. The number of ether oxygens (including phenoxy) is 3. The van der Waals surface area contributed by atoms with Crippen molar-refractivity contribution in [3.8, 4) is 11.4 Å². The average molecular weight is 643 g/mol. The van der Waals surface area contributed by atoms with E-state index in [1.54, 1.807) is 12.1 Å². The van der Waals surface area contributed by atoms with Crippen LogP contribution in [0.4, 0.5) is 4.79 Å². The maximum atomic E-state index is 13.9. The number of carbonyl (C=O) groups is 1. The van der Waals surface area contributed by atoms with Crippen LogP contribution < -0.4 is 5.32 Å². The molecule has 12 nitrogen and oxygen atoms in total. The molecule has 45 heavy (non-hydrogen) atoms. The van der Waals surface area contributed by atoms with Crippen molar-refractivity contribution in [3.05, 3.63) is 66.1 Å². The molecule has 5 atom stereocenters. The lowest BCUT2D eigenvalue weighted by atomic mass is 10.0. The van der Waals surface area contributed by atoms with Gasteiger partial charge in [-0.05, 0) is 55.0 Å². The van der Waals surface area contributed by atoms with E-state index in [0.29, 0.717) is 30.3 Å². The predicted molar refractivity (Wildman–Crippen MR) is 164 cm³/mol. The van der Waals surface area contributed by atoms with Gasteiger partial charge in [0.2, 0.25) is 21.7 Å². The molecule has 1 aromatic heterocycles. The summed E-state index contributed by atoms with van der Waals surface area (Å²) in [5, 5.41) is 18.3. The van der Waals surface area contributed by atoms with Crippen LogP contribution in [0.25, 0.3) is 11.4 Å². The second kappa shape index (κ2) is 14.8. The minimum Gasteiger partial charge on any atom is -0.443 e. The van der Waals surface area contributed by atoms with Crippen molar-refractivity contribution >= 4 is 16.1 Å². The fourth-order valence-electron chi connectivity index (χ4n) is 5.65. The molecule has 2 aliphatic heterocycles. The van der Waals surface area contributed by atoms with Crippen molar-refractivity contribution in [1.29, 1.82) is 0 Å². The van der Waals surface area contributed by atoms with Crippen molar-refractivity contribution in [2.24, 2.45) is 11.8 Å². The first kappa shape index (κ1) is 33.0. The number of rotatable bonds is 14. The Bertz CT molecular complexity index is 1500. The Morgan fingerprint density at radius 1 is 1.11 bits per heavy atom. The number of hydrogen-bond acceptors (Lipinski definition) is 10. The second-order valence-electron chi connectivity index (χ2n) is 12.0. The molecule has 2 saturated heterocycles. The molecule has 2 aliphatic rings.